The van der Waals surface area contributed by atoms with E-state index in [0.717, 1.165) is 0 Å². The molecule has 0 radical (unpaired) electrons. The molecule has 22 heavy (non-hydrogen) atoms. The van der Waals surface area contributed by atoms with E-state index in [2.05, 4.69) is 4.98 Å². The second kappa shape index (κ2) is 5.64. The Bertz CT molecular complexity index is 732. The number of nitrogen functional groups attached to an aromatic ring is 1. The van der Waals surface area contributed by atoms with Crippen molar-refractivity contribution in [3.63, 3.8) is 0 Å². The van der Waals surface area contributed by atoms with Crippen molar-refractivity contribution < 1.29 is 13.5 Å². The van der Waals surface area contributed by atoms with Crippen molar-refractivity contribution in [3.8, 4) is 0 Å². The van der Waals surface area contributed by atoms with Crippen molar-refractivity contribution in [3.05, 3.63) is 40.8 Å². The van der Waals surface area contributed by atoms with Gasteiger partial charge in [0.25, 0.3) is 0 Å². The maximum atomic E-state index is 12.7. The SMILES string of the molecule is CC(C)(C)C(O)(CS(=O)(=O)c1ccc(N)cc1)c1cncs1. The van der Waals surface area contributed by atoms with E-state index in [9.17, 15) is 13.5 Å². The largest absolute Gasteiger partial charge is 0.399 e. The fourth-order valence-corrected chi connectivity index (χ4v) is 4.99. The number of hydrogen-bond acceptors (Lipinski definition) is 6. The van der Waals surface area contributed by atoms with Crippen LogP contribution < -0.4 is 5.73 Å². The van der Waals surface area contributed by atoms with Crippen LogP contribution in [0.5, 0.6) is 0 Å². The van der Waals surface area contributed by atoms with Crippen LogP contribution in [0.4, 0.5) is 5.69 Å². The highest BCUT2D eigenvalue weighted by molar-refractivity contribution is 7.91. The molecule has 0 spiro atoms. The number of anilines is 1. The molecule has 1 aromatic carbocycles. The van der Waals surface area contributed by atoms with Crippen molar-refractivity contribution in [1.82, 2.24) is 4.98 Å². The summed E-state index contributed by atoms with van der Waals surface area (Å²) in [6.07, 6.45) is 1.52. The molecule has 0 saturated heterocycles. The average Bonchev–Trinajstić information content (AvgIpc) is 2.91. The quantitative estimate of drug-likeness (QED) is 0.834. The molecule has 0 aliphatic carbocycles. The normalized spacial score (nSPS) is 15.5. The molecule has 7 heteroatoms. The van der Waals surface area contributed by atoms with E-state index < -0.39 is 26.6 Å². The smallest absolute Gasteiger partial charge is 0.181 e. The van der Waals surface area contributed by atoms with Crippen molar-refractivity contribution >= 4 is 26.9 Å². The van der Waals surface area contributed by atoms with Crippen LogP contribution in [-0.2, 0) is 15.4 Å². The minimum absolute atomic E-state index is 0.147. The number of rotatable bonds is 4. The van der Waals surface area contributed by atoms with E-state index in [1.165, 1.54) is 41.8 Å². The number of sulfone groups is 1. The van der Waals surface area contributed by atoms with E-state index in [0.29, 0.717) is 10.6 Å². The molecule has 1 unspecified atom stereocenters. The molecule has 0 aliphatic heterocycles. The Morgan fingerprint density at radius 1 is 1.23 bits per heavy atom. The zero-order chi connectivity index (χ0) is 16.6. The number of nitrogens with zero attached hydrogens (tertiary/aromatic N) is 1. The van der Waals surface area contributed by atoms with E-state index in [-0.39, 0.29) is 4.90 Å². The molecule has 0 fully saturated rings. The Kier molecular flexibility index (Phi) is 4.34. The van der Waals surface area contributed by atoms with Gasteiger partial charge in [0.15, 0.2) is 9.84 Å². The summed E-state index contributed by atoms with van der Waals surface area (Å²) >= 11 is 1.25. The van der Waals surface area contributed by atoms with Crippen LogP contribution in [0.25, 0.3) is 0 Å². The van der Waals surface area contributed by atoms with Crippen LogP contribution in [0, 0.1) is 5.41 Å². The molecular weight excluding hydrogens is 320 g/mol. The van der Waals surface area contributed by atoms with Crippen LogP contribution in [0.1, 0.15) is 25.6 Å². The molecule has 5 nitrogen and oxygen atoms in total. The number of hydrogen-bond donors (Lipinski definition) is 2. The summed E-state index contributed by atoms with van der Waals surface area (Å²) in [5, 5.41) is 11.1. The van der Waals surface area contributed by atoms with Gasteiger partial charge in [0, 0.05) is 11.9 Å². The highest BCUT2D eigenvalue weighted by Gasteiger charge is 2.46. The van der Waals surface area contributed by atoms with Crippen LogP contribution in [-0.4, -0.2) is 24.3 Å². The Morgan fingerprint density at radius 2 is 1.82 bits per heavy atom. The average molecular weight is 340 g/mol. The summed E-state index contributed by atoms with van der Waals surface area (Å²) < 4.78 is 25.4. The van der Waals surface area contributed by atoms with Gasteiger partial charge in [0.2, 0.25) is 0 Å². The first-order valence-electron chi connectivity index (χ1n) is 6.76. The Morgan fingerprint density at radius 3 is 2.27 bits per heavy atom. The van der Waals surface area contributed by atoms with E-state index in [1.54, 1.807) is 5.51 Å². The molecule has 1 heterocycles. The predicted octanol–water partition coefficient (Wildman–Crippen LogP) is 2.43. The minimum Gasteiger partial charge on any atom is -0.399 e. The van der Waals surface area contributed by atoms with Gasteiger partial charge in [-0.15, -0.1) is 11.3 Å². The van der Waals surface area contributed by atoms with Crippen molar-refractivity contribution in [1.29, 1.82) is 0 Å². The van der Waals surface area contributed by atoms with Gasteiger partial charge < -0.3 is 10.8 Å². The Balaban J connectivity index is 2.46. The highest BCUT2D eigenvalue weighted by atomic mass is 32.2. The van der Waals surface area contributed by atoms with Crippen molar-refractivity contribution in [2.75, 3.05) is 11.5 Å². The van der Waals surface area contributed by atoms with Gasteiger partial charge >= 0.3 is 0 Å². The first-order chi connectivity index (χ1) is 10.1. The van der Waals surface area contributed by atoms with Crippen molar-refractivity contribution in [2.24, 2.45) is 5.41 Å². The third-order valence-electron chi connectivity index (χ3n) is 3.72. The lowest BCUT2D eigenvalue weighted by atomic mass is 9.77. The molecule has 2 rings (SSSR count). The maximum Gasteiger partial charge on any atom is 0.181 e. The first-order valence-corrected chi connectivity index (χ1v) is 9.29. The summed E-state index contributed by atoms with van der Waals surface area (Å²) in [5.41, 5.74) is 5.49. The van der Waals surface area contributed by atoms with E-state index in [4.69, 9.17) is 5.73 Å². The van der Waals surface area contributed by atoms with Crippen LogP contribution in [0.15, 0.2) is 40.9 Å². The third kappa shape index (κ3) is 3.16. The molecule has 0 saturated carbocycles. The molecule has 0 amide bonds. The van der Waals surface area contributed by atoms with Gasteiger partial charge in [-0.2, -0.15) is 0 Å². The fourth-order valence-electron chi connectivity index (χ4n) is 2.11. The monoisotopic (exact) mass is 340 g/mol. The highest BCUT2D eigenvalue weighted by Crippen LogP contribution is 2.42. The maximum absolute atomic E-state index is 12.7. The van der Waals surface area contributed by atoms with E-state index in [1.807, 2.05) is 20.8 Å². The van der Waals surface area contributed by atoms with Gasteiger partial charge in [-0.1, -0.05) is 20.8 Å². The van der Waals surface area contributed by atoms with Gasteiger partial charge in [-0.3, -0.25) is 4.98 Å². The molecule has 1 atom stereocenters. The number of thiazole rings is 1. The van der Waals surface area contributed by atoms with Crippen LogP contribution >= 0.6 is 11.3 Å². The first kappa shape index (κ1) is 16.9. The fraction of sp³-hybridized carbons (Fsp3) is 0.400. The Labute approximate surface area is 134 Å². The van der Waals surface area contributed by atoms with E-state index >= 15 is 0 Å². The number of aromatic nitrogens is 1. The third-order valence-corrected chi connectivity index (χ3v) is 6.43. The molecule has 1 aromatic heterocycles. The molecule has 0 bridgehead atoms. The minimum atomic E-state index is -3.67. The molecule has 2 aromatic rings. The lowest BCUT2D eigenvalue weighted by Crippen LogP contribution is -2.45. The predicted molar refractivity (Wildman–Crippen MR) is 88.4 cm³/mol. The van der Waals surface area contributed by atoms with Gasteiger partial charge in [0.1, 0.15) is 5.60 Å². The van der Waals surface area contributed by atoms with Crippen molar-refractivity contribution in [2.45, 2.75) is 31.3 Å². The zero-order valence-corrected chi connectivity index (χ0v) is 14.4. The van der Waals surface area contributed by atoms with Gasteiger partial charge in [0.05, 0.1) is 21.0 Å². The molecular formula is C15H20N2O3S2. The number of nitrogens with two attached hydrogens (primary N) is 1. The topological polar surface area (TPSA) is 93.3 Å². The van der Waals surface area contributed by atoms with Crippen LogP contribution in [0.3, 0.4) is 0 Å². The Hall–Kier alpha value is -1.44. The molecule has 3 N–H and O–H groups in total. The standard InChI is InChI=1S/C15H20N2O3S2/c1-14(2,3)15(18,13-8-17-10-21-13)9-22(19,20)12-6-4-11(16)5-7-12/h4-8,10,18H,9,16H2,1-3H3. The van der Waals surface area contributed by atoms with Gasteiger partial charge in [-0.05, 0) is 29.7 Å². The van der Waals surface area contributed by atoms with Gasteiger partial charge in [-0.25, -0.2) is 8.42 Å². The second-order valence-corrected chi connectivity index (χ2v) is 9.18. The molecule has 120 valence electrons. The summed E-state index contributed by atoms with van der Waals surface area (Å²) in [6, 6.07) is 5.99. The number of benzene rings is 1. The second-order valence-electron chi connectivity index (χ2n) is 6.30. The molecule has 0 aliphatic rings. The lowest BCUT2D eigenvalue weighted by molar-refractivity contribution is -0.0406. The zero-order valence-electron chi connectivity index (χ0n) is 12.8. The summed E-state index contributed by atoms with van der Waals surface area (Å²) in [6.45, 7) is 5.43. The van der Waals surface area contributed by atoms with Crippen LogP contribution in [0.2, 0.25) is 0 Å². The summed E-state index contributed by atoms with van der Waals surface area (Å²) in [4.78, 5) is 4.65. The summed E-state index contributed by atoms with van der Waals surface area (Å²) in [7, 11) is -3.67. The lowest BCUT2D eigenvalue weighted by Gasteiger charge is -2.39. The summed E-state index contributed by atoms with van der Waals surface area (Å²) in [5.74, 6) is -0.407. The number of aliphatic hydroxyl groups is 1.